The number of hydrogen-bond acceptors (Lipinski definition) is 3. The lowest BCUT2D eigenvalue weighted by molar-refractivity contribution is -0.0127. The van der Waals surface area contributed by atoms with E-state index in [0.29, 0.717) is 23.6 Å². The highest BCUT2D eigenvalue weighted by atomic mass is 16.5. The van der Waals surface area contributed by atoms with Gasteiger partial charge in [-0.2, -0.15) is 0 Å². The van der Waals surface area contributed by atoms with E-state index < -0.39 is 0 Å². The normalized spacial score (nSPS) is 39.2. The van der Waals surface area contributed by atoms with Crippen molar-refractivity contribution < 1.29 is 4.74 Å². The fourth-order valence-corrected chi connectivity index (χ4v) is 3.50. The van der Waals surface area contributed by atoms with Crippen LogP contribution in [-0.2, 0) is 4.74 Å². The van der Waals surface area contributed by atoms with E-state index in [2.05, 4.69) is 18.7 Å². The van der Waals surface area contributed by atoms with Gasteiger partial charge in [-0.05, 0) is 37.6 Å². The molecule has 0 aromatic rings. The van der Waals surface area contributed by atoms with Crippen molar-refractivity contribution in [2.45, 2.75) is 64.1 Å². The first-order valence-electron chi connectivity index (χ1n) is 7.07. The third-order valence-corrected chi connectivity index (χ3v) is 4.85. The summed E-state index contributed by atoms with van der Waals surface area (Å²) in [6.07, 6.45) is 6.73. The number of ether oxygens (including phenoxy) is 1. The summed E-state index contributed by atoms with van der Waals surface area (Å²) in [4.78, 5) is 2.59. The summed E-state index contributed by atoms with van der Waals surface area (Å²) in [6, 6.07) is 0.878. The number of methoxy groups -OCH3 is 1. The average Bonchev–Trinajstić information content (AvgIpc) is 2.33. The summed E-state index contributed by atoms with van der Waals surface area (Å²) in [5, 5.41) is 0. The topological polar surface area (TPSA) is 38.5 Å². The molecule has 1 aliphatic heterocycles. The molecule has 1 saturated heterocycles. The SMILES string of the molecule is COC1CCCN(C2CCCC(C)(C)C2N)C1. The van der Waals surface area contributed by atoms with Crippen molar-refractivity contribution in [3.05, 3.63) is 0 Å². The number of likely N-dealkylation sites (tertiary alicyclic amines) is 1. The summed E-state index contributed by atoms with van der Waals surface area (Å²) >= 11 is 0. The lowest BCUT2D eigenvalue weighted by Gasteiger charge is -2.48. The zero-order valence-electron chi connectivity index (χ0n) is 11.6. The number of nitrogens with zero attached hydrogens (tertiary/aromatic N) is 1. The Balaban J connectivity index is 2.00. The van der Waals surface area contributed by atoms with Gasteiger partial charge in [0.1, 0.15) is 0 Å². The number of nitrogens with two attached hydrogens (primary N) is 1. The predicted molar refractivity (Wildman–Crippen MR) is 71.0 cm³/mol. The first kappa shape index (κ1) is 13.3. The molecule has 3 unspecified atom stereocenters. The maximum atomic E-state index is 6.49. The van der Waals surface area contributed by atoms with Crippen molar-refractivity contribution in [3.8, 4) is 0 Å². The Labute approximate surface area is 106 Å². The molecule has 0 aromatic carbocycles. The van der Waals surface area contributed by atoms with E-state index >= 15 is 0 Å². The monoisotopic (exact) mass is 240 g/mol. The van der Waals surface area contributed by atoms with Crippen LogP contribution in [0.2, 0.25) is 0 Å². The quantitative estimate of drug-likeness (QED) is 0.802. The summed E-state index contributed by atoms with van der Waals surface area (Å²) in [5.41, 5.74) is 6.79. The van der Waals surface area contributed by atoms with Crippen LogP contribution in [0.5, 0.6) is 0 Å². The summed E-state index contributed by atoms with van der Waals surface area (Å²) in [7, 11) is 1.83. The van der Waals surface area contributed by atoms with Gasteiger partial charge in [0.2, 0.25) is 0 Å². The fraction of sp³-hybridized carbons (Fsp3) is 1.00. The zero-order valence-corrected chi connectivity index (χ0v) is 11.6. The van der Waals surface area contributed by atoms with Crippen LogP contribution < -0.4 is 5.73 Å². The van der Waals surface area contributed by atoms with E-state index in [1.165, 1.54) is 38.6 Å². The Morgan fingerprint density at radius 3 is 2.71 bits per heavy atom. The van der Waals surface area contributed by atoms with Crippen LogP contribution in [0.25, 0.3) is 0 Å². The molecule has 0 bridgehead atoms. The molecular weight excluding hydrogens is 212 g/mol. The van der Waals surface area contributed by atoms with Crippen LogP contribution >= 0.6 is 0 Å². The maximum Gasteiger partial charge on any atom is 0.0698 e. The number of hydrogen-bond donors (Lipinski definition) is 1. The second kappa shape index (κ2) is 5.25. The summed E-state index contributed by atoms with van der Waals surface area (Å²) in [5.74, 6) is 0. The molecular formula is C14H28N2O. The Bertz CT molecular complexity index is 255. The van der Waals surface area contributed by atoms with Gasteiger partial charge in [-0.15, -0.1) is 0 Å². The van der Waals surface area contributed by atoms with Crippen molar-refractivity contribution in [1.82, 2.24) is 4.90 Å². The molecule has 3 heteroatoms. The molecule has 0 amide bonds. The molecule has 1 heterocycles. The molecule has 2 rings (SSSR count). The first-order valence-corrected chi connectivity index (χ1v) is 7.07. The molecule has 0 radical (unpaired) electrons. The third kappa shape index (κ3) is 2.83. The van der Waals surface area contributed by atoms with Gasteiger partial charge in [-0.25, -0.2) is 0 Å². The van der Waals surface area contributed by atoms with Gasteiger partial charge in [0.25, 0.3) is 0 Å². The highest BCUT2D eigenvalue weighted by Crippen LogP contribution is 2.37. The number of piperidine rings is 1. The summed E-state index contributed by atoms with van der Waals surface area (Å²) in [6.45, 7) is 6.92. The van der Waals surface area contributed by atoms with E-state index in [9.17, 15) is 0 Å². The van der Waals surface area contributed by atoms with Crippen molar-refractivity contribution in [2.24, 2.45) is 11.1 Å². The van der Waals surface area contributed by atoms with Crippen molar-refractivity contribution >= 4 is 0 Å². The lowest BCUT2D eigenvalue weighted by Crippen LogP contribution is -2.59. The van der Waals surface area contributed by atoms with Crippen molar-refractivity contribution in [1.29, 1.82) is 0 Å². The molecule has 2 N–H and O–H groups in total. The molecule has 3 nitrogen and oxygen atoms in total. The molecule has 3 atom stereocenters. The van der Waals surface area contributed by atoms with Crippen molar-refractivity contribution in [3.63, 3.8) is 0 Å². The van der Waals surface area contributed by atoms with Gasteiger partial charge >= 0.3 is 0 Å². The molecule has 17 heavy (non-hydrogen) atoms. The molecule has 1 aliphatic carbocycles. The third-order valence-electron chi connectivity index (χ3n) is 4.85. The van der Waals surface area contributed by atoms with Crippen LogP contribution in [0.4, 0.5) is 0 Å². The predicted octanol–water partition coefficient (Wildman–Crippen LogP) is 2.00. The van der Waals surface area contributed by atoms with E-state index in [1.54, 1.807) is 0 Å². The Morgan fingerprint density at radius 2 is 2.00 bits per heavy atom. The Morgan fingerprint density at radius 1 is 1.24 bits per heavy atom. The molecule has 1 saturated carbocycles. The number of rotatable bonds is 2. The average molecular weight is 240 g/mol. The van der Waals surface area contributed by atoms with Crippen LogP contribution in [0, 0.1) is 5.41 Å². The minimum Gasteiger partial charge on any atom is -0.380 e. The Hall–Kier alpha value is -0.120. The highest BCUT2D eigenvalue weighted by molar-refractivity contribution is 4.97. The van der Waals surface area contributed by atoms with E-state index in [1.807, 2.05) is 7.11 Å². The minimum atomic E-state index is 0.295. The minimum absolute atomic E-state index is 0.295. The molecule has 100 valence electrons. The lowest BCUT2D eigenvalue weighted by atomic mass is 9.70. The maximum absolute atomic E-state index is 6.49. The van der Waals surface area contributed by atoms with Gasteiger partial charge in [0.05, 0.1) is 6.10 Å². The largest absolute Gasteiger partial charge is 0.380 e. The van der Waals surface area contributed by atoms with E-state index in [4.69, 9.17) is 10.5 Å². The van der Waals surface area contributed by atoms with Crippen LogP contribution in [-0.4, -0.2) is 43.3 Å². The molecule has 2 aliphatic rings. The van der Waals surface area contributed by atoms with Gasteiger partial charge < -0.3 is 10.5 Å². The van der Waals surface area contributed by atoms with Crippen LogP contribution in [0.3, 0.4) is 0 Å². The fourth-order valence-electron chi connectivity index (χ4n) is 3.50. The summed E-state index contributed by atoms with van der Waals surface area (Å²) < 4.78 is 5.52. The Kier molecular flexibility index (Phi) is 4.11. The molecule has 0 spiro atoms. The van der Waals surface area contributed by atoms with Crippen molar-refractivity contribution in [2.75, 3.05) is 20.2 Å². The second-order valence-corrected chi connectivity index (χ2v) is 6.47. The van der Waals surface area contributed by atoms with E-state index in [-0.39, 0.29) is 0 Å². The first-order chi connectivity index (χ1) is 8.04. The van der Waals surface area contributed by atoms with Gasteiger partial charge in [-0.1, -0.05) is 20.3 Å². The standard InChI is InChI=1S/C14H28N2O/c1-14(2)8-4-7-12(13(14)15)16-9-5-6-11(10-16)17-3/h11-13H,4-10,15H2,1-3H3. The molecule has 0 aromatic heterocycles. The zero-order chi connectivity index (χ0) is 12.5. The van der Waals surface area contributed by atoms with Gasteiger partial charge in [0, 0.05) is 25.7 Å². The van der Waals surface area contributed by atoms with Gasteiger partial charge in [-0.3, -0.25) is 4.90 Å². The van der Waals surface area contributed by atoms with Crippen LogP contribution in [0.15, 0.2) is 0 Å². The molecule has 2 fully saturated rings. The second-order valence-electron chi connectivity index (χ2n) is 6.47. The highest BCUT2D eigenvalue weighted by Gasteiger charge is 2.40. The van der Waals surface area contributed by atoms with Crippen LogP contribution in [0.1, 0.15) is 46.0 Å². The van der Waals surface area contributed by atoms with E-state index in [0.717, 1.165) is 6.54 Å². The van der Waals surface area contributed by atoms with Gasteiger partial charge in [0.15, 0.2) is 0 Å². The smallest absolute Gasteiger partial charge is 0.0698 e.